The Morgan fingerprint density at radius 1 is 1.39 bits per heavy atom. The number of carbonyl (C=O) groups is 2. The number of esters is 1. The summed E-state index contributed by atoms with van der Waals surface area (Å²) in [4.78, 5) is 23.2. The van der Waals surface area contributed by atoms with E-state index in [4.69, 9.17) is 4.74 Å². The number of morpholine rings is 1. The molecule has 1 rings (SSSR count). The molecule has 0 bridgehead atoms. The smallest absolute Gasteiger partial charge is 0.331 e. The molecule has 0 atom stereocenters. The van der Waals surface area contributed by atoms with Crippen LogP contribution in [0.2, 0.25) is 0 Å². The lowest BCUT2D eigenvalue weighted by molar-refractivity contribution is -0.163. The van der Waals surface area contributed by atoms with Gasteiger partial charge < -0.3 is 14.4 Å². The van der Waals surface area contributed by atoms with Crippen molar-refractivity contribution < 1.29 is 27.8 Å². The number of hydrogen-bond acceptors (Lipinski definition) is 4. The van der Waals surface area contributed by atoms with E-state index in [9.17, 15) is 18.4 Å². The summed E-state index contributed by atoms with van der Waals surface area (Å²) in [6.45, 7) is 5.02. The maximum absolute atomic E-state index is 13.6. The van der Waals surface area contributed by atoms with Gasteiger partial charge in [-0.2, -0.15) is 8.78 Å². The molecule has 0 radical (unpaired) electrons. The molecule has 1 aliphatic rings. The number of carbonyl (C=O) groups excluding carboxylic acids is 2. The van der Waals surface area contributed by atoms with Gasteiger partial charge in [-0.05, 0) is 0 Å². The van der Waals surface area contributed by atoms with Gasteiger partial charge >= 0.3 is 11.9 Å². The van der Waals surface area contributed by atoms with Gasteiger partial charge in [-0.1, -0.05) is 6.58 Å². The van der Waals surface area contributed by atoms with E-state index in [0.717, 1.165) is 11.8 Å². The number of ether oxygens (including phenoxy) is 2. The maximum Gasteiger partial charge on any atom is 0.331 e. The van der Waals surface area contributed by atoms with Crippen LogP contribution in [0.5, 0.6) is 0 Å². The Morgan fingerprint density at radius 3 is 2.44 bits per heavy atom. The molecule has 0 aromatic carbocycles. The van der Waals surface area contributed by atoms with E-state index in [0.29, 0.717) is 0 Å². The number of allylic oxidation sites excluding steroid dienone is 1. The Balaban J connectivity index is 2.58. The Kier molecular flexibility index (Phi) is 4.77. The zero-order chi connectivity index (χ0) is 13.8. The van der Waals surface area contributed by atoms with Gasteiger partial charge in [0.15, 0.2) is 0 Å². The van der Waals surface area contributed by atoms with E-state index in [2.05, 4.69) is 11.3 Å². The molecule has 0 aliphatic carbocycles. The molecule has 102 valence electrons. The van der Waals surface area contributed by atoms with E-state index in [1.807, 2.05) is 0 Å². The van der Waals surface area contributed by atoms with Crippen LogP contribution >= 0.6 is 0 Å². The van der Waals surface area contributed by atoms with Gasteiger partial charge in [0, 0.05) is 20.0 Å². The number of alkyl halides is 2. The lowest BCUT2D eigenvalue weighted by Gasteiger charge is -2.30. The molecule has 0 aromatic rings. The van der Waals surface area contributed by atoms with Gasteiger partial charge in [0.25, 0.3) is 5.91 Å². The lowest BCUT2D eigenvalue weighted by Crippen LogP contribution is -2.48. The van der Waals surface area contributed by atoms with Crippen LogP contribution in [0, 0.1) is 0 Å². The Bertz CT molecular complexity index is 351. The van der Waals surface area contributed by atoms with Crippen molar-refractivity contribution in [1.29, 1.82) is 0 Å². The second-order valence-corrected chi connectivity index (χ2v) is 3.92. The predicted molar refractivity (Wildman–Crippen MR) is 57.9 cm³/mol. The summed E-state index contributed by atoms with van der Waals surface area (Å²) < 4.78 is 36.6. The first kappa shape index (κ1) is 14.6. The van der Waals surface area contributed by atoms with Crippen LogP contribution < -0.4 is 0 Å². The fourth-order valence-electron chi connectivity index (χ4n) is 1.56. The number of hydrogen-bond donors (Lipinski definition) is 0. The number of amides is 1. The standard InChI is InChI=1S/C11H15F2NO4/c1-8(18-9(2)15)7-11(12,13)10(16)14-3-5-17-6-4-14/h1,3-7H2,2H3. The topological polar surface area (TPSA) is 55.8 Å². The molecule has 1 heterocycles. The largest absolute Gasteiger partial charge is 0.432 e. The van der Waals surface area contributed by atoms with Crippen molar-refractivity contribution in [2.24, 2.45) is 0 Å². The zero-order valence-electron chi connectivity index (χ0n) is 10.1. The average Bonchev–Trinajstić information content (AvgIpc) is 2.27. The van der Waals surface area contributed by atoms with Crippen molar-refractivity contribution in [3.63, 3.8) is 0 Å². The van der Waals surface area contributed by atoms with E-state index in [1.165, 1.54) is 0 Å². The molecule has 1 amide bonds. The third kappa shape index (κ3) is 4.06. The SMILES string of the molecule is C=C(CC(F)(F)C(=O)N1CCOCC1)OC(C)=O. The maximum atomic E-state index is 13.6. The van der Waals surface area contributed by atoms with E-state index in [1.54, 1.807) is 0 Å². The first-order valence-electron chi connectivity index (χ1n) is 5.44. The van der Waals surface area contributed by atoms with E-state index < -0.39 is 30.0 Å². The lowest BCUT2D eigenvalue weighted by atomic mass is 10.2. The average molecular weight is 263 g/mol. The van der Waals surface area contributed by atoms with Crippen LogP contribution in [-0.4, -0.2) is 49.0 Å². The molecule has 5 nitrogen and oxygen atoms in total. The molecule has 0 aromatic heterocycles. The van der Waals surface area contributed by atoms with Crippen molar-refractivity contribution in [2.45, 2.75) is 19.3 Å². The fourth-order valence-corrected chi connectivity index (χ4v) is 1.56. The molecule has 0 spiro atoms. The minimum atomic E-state index is -3.62. The first-order valence-corrected chi connectivity index (χ1v) is 5.44. The fraction of sp³-hybridized carbons (Fsp3) is 0.636. The molecule has 0 N–H and O–H groups in total. The first-order chi connectivity index (χ1) is 8.33. The van der Waals surface area contributed by atoms with Crippen LogP contribution in [0.15, 0.2) is 12.3 Å². The van der Waals surface area contributed by atoms with E-state index in [-0.39, 0.29) is 26.3 Å². The second-order valence-electron chi connectivity index (χ2n) is 3.92. The predicted octanol–water partition coefficient (Wildman–Crippen LogP) is 0.947. The summed E-state index contributed by atoms with van der Waals surface area (Å²) in [5.41, 5.74) is 0. The summed E-state index contributed by atoms with van der Waals surface area (Å²) in [7, 11) is 0. The molecule has 1 saturated heterocycles. The molecule has 1 aliphatic heterocycles. The van der Waals surface area contributed by atoms with E-state index >= 15 is 0 Å². The van der Waals surface area contributed by atoms with Crippen molar-refractivity contribution in [1.82, 2.24) is 4.90 Å². The van der Waals surface area contributed by atoms with Crippen LogP contribution in [0.25, 0.3) is 0 Å². The summed E-state index contributed by atoms with van der Waals surface area (Å²) in [5.74, 6) is -6.08. The van der Waals surface area contributed by atoms with Crippen LogP contribution in [0.4, 0.5) is 8.78 Å². The summed E-state index contributed by atoms with van der Waals surface area (Å²) >= 11 is 0. The van der Waals surface area contributed by atoms with Gasteiger partial charge in [0.1, 0.15) is 5.76 Å². The molecular weight excluding hydrogens is 248 g/mol. The number of halogens is 2. The third-order valence-corrected chi connectivity index (χ3v) is 2.32. The van der Waals surface area contributed by atoms with Crippen molar-refractivity contribution >= 4 is 11.9 Å². The van der Waals surface area contributed by atoms with Gasteiger partial charge in [0.2, 0.25) is 0 Å². The summed E-state index contributed by atoms with van der Waals surface area (Å²) in [6, 6.07) is 0. The normalized spacial score (nSPS) is 16.3. The highest BCUT2D eigenvalue weighted by atomic mass is 19.3. The highest BCUT2D eigenvalue weighted by Crippen LogP contribution is 2.26. The molecule has 0 unspecified atom stereocenters. The van der Waals surface area contributed by atoms with Crippen LogP contribution in [-0.2, 0) is 19.1 Å². The minimum absolute atomic E-state index is 0.133. The van der Waals surface area contributed by atoms with Crippen molar-refractivity contribution in [3.8, 4) is 0 Å². The zero-order valence-corrected chi connectivity index (χ0v) is 10.1. The molecule has 0 saturated carbocycles. The Morgan fingerprint density at radius 2 is 1.94 bits per heavy atom. The quantitative estimate of drug-likeness (QED) is 0.559. The van der Waals surface area contributed by atoms with Gasteiger partial charge in [-0.15, -0.1) is 0 Å². The van der Waals surface area contributed by atoms with Gasteiger partial charge in [-0.25, -0.2) is 0 Å². The van der Waals surface area contributed by atoms with Crippen molar-refractivity contribution in [3.05, 3.63) is 12.3 Å². The summed E-state index contributed by atoms with van der Waals surface area (Å²) in [5, 5.41) is 0. The number of rotatable bonds is 4. The highest BCUT2D eigenvalue weighted by Gasteiger charge is 2.43. The Hall–Kier alpha value is -1.50. The monoisotopic (exact) mass is 263 g/mol. The molecular formula is C11H15F2NO4. The van der Waals surface area contributed by atoms with Gasteiger partial charge in [0.05, 0.1) is 19.6 Å². The Labute approximate surface area is 103 Å². The van der Waals surface area contributed by atoms with Crippen LogP contribution in [0.3, 0.4) is 0 Å². The second kappa shape index (κ2) is 5.90. The van der Waals surface area contributed by atoms with Crippen LogP contribution in [0.1, 0.15) is 13.3 Å². The molecule has 1 fully saturated rings. The van der Waals surface area contributed by atoms with Gasteiger partial charge in [-0.3, -0.25) is 9.59 Å². The summed E-state index contributed by atoms with van der Waals surface area (Å²) in [6.07, 6.45) is -0.997. The third-order valence-electron chi connectivity index (χ3n) is 2.32. The van der Waals surface area contributed by atoms with Crippen molar-refractivity contribution in [2.75, 3.05) is 26.3 Å². The highest BCUT2D eigenvalue weighted by molar-refractivity contribution is 5.84. The minimum Gasteiger partial charge on any atom is -0.432 e. The number of nitrogens with zero attached hydrogens (tertiary/aromatic N) is 1. The molecule has 7 heteroatoms. The molecule has 18 heavy (non-hydrogen) atoms.